The summed E-state index contributed by atoms with van der Waals surface area (Å²) in [6.45, 7) is 3.52. The third-order valence-corrected chi connectivity index (χ3v) is 4.00. The Morgan fingerprint density at radius 3 is 2.91 bits per heavy atom. The molecule has 2 N–H and O–H groups in total. The maximum atomic E-state index is 12.0. The van der Waals surface area contributed by atoms with E-state index in [1.807, 2.05) is 0 Å². The van der Waals surface area contributed by atoms with Crippen molar-refractivity contribution >= 4 is 17.5 Å². The van der Waals surface area contributed by atoms with Gasteiger partial charge in [-0.2, -0.15) is 5.26 Å². The lowest BCUT2D eigenvalue weighted by molar-refractivity contribution is -0.125. The number of hydrogen-bond acceptors (Lipinski definition) is 4. The maximum absolute atomic E-state index is 12.0. The molecule has 0 saturated heterocycles. The number of amides is 1. The van der Waals surface area contributed by atoms with E-state index < -0.39 is 17.7 Å². The van der Waals surface area contributed by atoms with Gasteiger partial charge in [-0.3, -0.25) is 4.79 Å². The SMILES string of the molecule is CC1(C)Oc2ccc(C#N)cc2C(NC(=O)CCCCl)C1O. The van der Waals surface area contributed by atoms with Gasteiger partial charge in [-0.15, -0.1) is 11.6 Å². The molecule has 1 aliphatic rings. The molecular weight excluding hydrogens is 304 g/mol. The van der Waals surface area contributed by atoms with Crippen molar-refractivity contribution in [2.24, 2.45) is 0 Å². The molecule has 2 unspecified atom stereocenters. The lowest BCUT2D eigenvalue weighted by atomic mass is 9.86. The van der Waals surface area contributed by atoms with E-state index in [-0.39, 0.29) is 5.91 Å². The Morgan fingerprint density at radius 1 is 1.55 bits per heavy atom. The molecule has 118 valence electrons. The summed E-state index contributed by atoms with van der Waals surface area (Å²) in [7, 11) is 0. The van der Waals surface area contributed by atoms with Gasteiger partial charge in [0.1, 0.15) is 17.5 Å². The summed E-state index contributed by atoms with van der Waals surface area (Å²) in [5.41, 5.74) is 0.227. The maximum Gasteiger partial charge on any atom is 0.220 e. The number of fused-ring (bicyclic) bond motifs is 1. The molecule has 22 heavy (non-hydrogen) atoms. The number of alkyl halides is 1. The van der Waals surface area contributed by atoms with E-state index >= 15 is 0 Å². The van der Waals surface area contributed by atoms with Crippen molar-refractivity contribution in [2.75, 3.05) is 5.88 Å². The number of nitrogens with one attached hydrogen (secondary N) is 1. The molecule has 5 nitrogen and oxygen atoms in total. The molecule has 0 saturated carbocycles. The molecule has 1 aromatic carbocycles. The average molecular weight is 323 g/mol. The standard InChI is InChI=1S/C16H19ClN2O3/c1-16(2)15(21)14(19-13(20)4-3-7-17)11-8-10(9-18)5-6-12(11)22-16/h5-6,8,14-15,21H,3-4,7H2,1-2H3,(H,19,20). The first-order valence-electron chi connectivity index (χ1n) is 7.15. The summed E-state index contributed by atoms with van der Waals surface area (Å²) in [4.78, 5) is 12.0. The minimum absolute atomic E-state index is 0.185. The van der Waals surface area contributed by atoms with Crippen LogP contribution >= 0.6 is 11.6 Å². The Labute approximate surface area is 134 Å². The fourth-order valence-electron chi connectivity index (χ4n) is 2.50. The van der Waals surface area contributed by atoms with E-state index in [4.69, 9.17) is 21.6 Å². The summed E-state index contributed by atoms with van der Waals surface area (Å²) in [6.07, 6.45) is -0.0588. The van der Waals surface area contributed by atoms with Crippen molar-refractivity contribution in [3.05, 3.63) is 29.3 Å². The minimum Gasteiger partial charge on any atom is -0.485 e. The van der Waals surface area contributed by atoms with Crippen molar-refractivity contribution in [2.45, 2.75) is 44.4 Å². The van der Waals surface area contributed by atoms with Crippen molar-refractivity contribution in [3.63, 3.8) is 0 Å². The third kappa shape index (κ3) is 3.34. The average Bonchev–Trinajstić information content (AvgIpc) is 2.49. The van der Waals surface area contributed by atoms with Crippen LogP contribution in [0.5, 0.6) is 5.75 Å². The highest BCUT2D eigenvalue weighted by molar-refractivity contribution is 6.17. The second-order valence-corrected chi connectivity index (χ2v) is 6.23. The molecule has 6 heteroatoms. The molecule has 1 heterocycles. The quantitative estimate of drug-likeness (QED) is 0.833. The number of rotatable bonds is 4. The number of benzene rings is 1. The number of ether oxygens (including phenoxy) is 1. The number of carbonyl (C=O) groups is 1. The van der Waals surface area contributed by atoms with Crippen LogP contribution in [0.1, 0.15) is 43.9 Å². The molecule has 1 amide bonds. The van der Waals surface area contributed by atoms with Gasteiger partial charge in [-0.25, -0.2) is 0 Å². The Kier molecular flexibility index (Phi) is 4.94. The zero-order chi connectivity index (χ0) is 16.3. The summed E-state index contributed by atoms with van der Waals surface area (Å²) in [5.74, 6) is 0.789. The van der Waals surface area contributed by atoms with Gasteiger partial charge in [0.15, 0.2) is 0 Å². The van der Waals surface area contributed by atoms with Crippen LogP contribution in [-0.4, -0.2) is 28.6 Å². The Morgan fingerprint density at radius 2 is 2.27 bits per heavy atom. The molecule has 0 radical (unpaired) electrons. The van der Waals surface area contributed by atoms with Crippen molar-refractivity contribution in [1.29, 1.82) is 5.26 Å². The summed E-state index contributed by atoms with van der Waals surface area (Å²) >= 11 is 5.60. The first-order valence-corrected chi connectivity index (χ1v) is 7.69. The van der Waals surface area contributed by atoms with Crippen molar-refractivity contribution < 1.29 is 14.6 Å². The van der Waals surface area contributed by atoms with Crippen LogP contribution in [0.15, 0.2) is 18.2 Å². The van der Waals surface area contributed by atoms with Gasteiger partial charge in [0.25, 0.3) is 0 Å². The summed E-state index contributed by atoms with van der Waals surface area (Å²) in [6, 6.07) is 6.42. The van der Waals surface area contributed by atoms with E-state index in [0.29, 0.717) is 35.6 Å². The van der Waals surface area contributed by atoms with Crippen LogP contribution in [0.4, 0.5) is 0 Å². The van der Waals surface area contributed by atoms with E-state index in [1.165, 1.54) is 0 Å². The molecule has 1 aliphatic heterocycles. The Bertz CT molecular complexity index is 610. The second kappa shape index (κ2) is 6.55. The van der Waals surface area contributed by atoms with Crippen LogP contribution < -0.4 is 10.1 Å². The smallest absolute Gasteiger partial charge is 0.220 e. The lowest BCUT2D eigenvalue weighted by Gasteiger charge is -2.42. The van der Waals surface area contributed by atoms with Crippen LogP contribution in [-0.2, 0) is 4.79 Å². The monoisotopic (exact) mass is 322 g/mol. The zero-order valence-electron chi connectivity index (χ0n) is 12.6. The number of hydrogen-bond donors (Lipinski definition) is 2. The Balaban J connectivity index is 2.34. The fourth-order valence-corrected chi connectivity index (χ4v) is 2.63. The van der Waals surface area contributed by atoms with Gasteiger partial charge in [0, 0.05) is 17.9 Å². The van der Waals surface area contributed by atoms with E-state index in [0.717, 1.165) is 0 Å². The molecule has 0 aliphatic carbocycles. The van der Waals surface area contributed by atoms with Crippen molar-refractivity contribution in [3.8, 4) is 11.8 Å². The number of nitrogens with zero attached hydrogens (tertiary/aromatic N) is 1. The molecule has 0 bridgehead atoms. The first kappa shape index (κ1) is 16.6. The van der Waals surface area contributed by atoms with Crippen LogP contribution in [0.3, 0.4) is 0 Å². The number of aliphatic hydroxyl groups is 1. The number of halogens is 1. The Hall–Kier alpha value is -1.77. The van der Waals surface area contributed by atoms with Gasteiger partial charge < -0.3 is 15.2 Å². The highest BCUT2D eigenvalue weighted by Gasteiger charge is 2.43. The summed E-state index contributed by atoms with van der Waals surface area (Å²) in [5, 5.41) is 22.4. The molecular formula is C16H19ClN2O3. The van der Waals surface area contributed by atoms with E-state index in [9.17, 15) is 9.90 Å². The lowest BCUT2D eigenvalue weighted by Crippen LogP contribution is -2.53. The van der Waals surface area contributed by atoms with Gasteiger partial charge in [-0.05, 0) is 38.5 Å². The normalized spacial score (nSPS) is 22.1. The van der Waals surface area contributed by atoms with Crippen LogP contribution in [0, 0.1) is 11.3 Å². The number of nitriles is 1. The fraction of sp³-hybridized carbons (Fsp3) is 0.500. The minimum atomic E-state index is -0.922. The largest absolute Gasteiger partial charge is 0.485 e. The molecule has 0 fully saturated rings. The molecule has 2 atom stereocenters. The number of aliphatic hydroxyl groups excluding tert-OH is 1. The topological polar surface area (TPSA) is 82.3 Å². The van der Waals surface area contributed by atoms with Crippen molar-refractivity contribution in [1.82, 2.24) is 5.32 Å². The van der Waals surface area contributed by atoms with E-state index in [2.05, 4.69) is 11.4 Å². The van der Waals surface area contributed by atoms with Gasteiger partial charge in [-0.1, -0.05) is 0 Å². The predicted octanol–water partition coefficient (Wildman–Crippen LogP) is 2.27. The summed E-state index contributed by atoms with van der Waals surface area (Å²) < 4.78 is 5.79. The highest BCUT2D eigenvalue weighted by atomic mass is 35.5. The second-order valence-electron chi connectivity index (χ2n) is 5.85. The zero-order valence-corrected chi connectivity index (χ0v) is 13.4. The first-order chi connectivity index (χ1) is 10.4. The van der Waals surface area contributed by atoms with Crippen LogP contribution in [0.25, 0.3) is 0 Å². The van der Waals surface area contributed by atoms with Crippen LogP contribution in [0.2, 0.25) is 0 Å². The van der Waals surface area contributed by atoms with Gasteiger partial charge in [0.2, 0.25) is 5.91 Å². The van der Waals surface area contributed by atoms with Gasteiger partial charge in [0.05, 0.1) is 17.7 Å². The van der Waals surface area contributed by atoms with E-state index in [1.54, 1.807) is 32.0 Å². The number of carbonyl (C=O) groups excluding carboxylic acids is 1. The molecule has 0 aromatic heterocycles. The molecule has 1 aromatic rings. The molecule has 0 spiro atoms. The highest BCUT2D eigenvalue weighted by Crippen LogP contribution is 2.40. The predicted molar refractivity (Wildman–Crippen MR) is 82.7 cm³/mol. The van der Waals surface area contributed by atoms with Gasteiger partial charge >= 0.3 is 0 Å². The third-order valence-electron chi connectivity index (χ3n) is 3.73. The molecule has 2 rings (SSSR count).